The minimum Gasteiger partial charge on any atom is -0.253 e. The maximum absolute atomic E-state index is 7.79. The SMILES string of the molecule is [NH]C1CC2CCC1([NH])C2. The molecule has 2 bridgehead atoms. The van der Waals surface area contributed by atoms with Crippen molar-refractivity contribution in [3.05, 3.63) is 0 Å². The summed E-state index contributed by atoms with van der Waals surface area (Å²) in [7, 11) is 0. The van der Waals surface area contributed by atoms with E-state index < -0.39 is 0 Å². The quantitative estimate of drug-likeness (QED) is 0.460. The van der Waals surface area contributed by atoms with Gasteiger partial charge < -0.3 is 0 Å². The molecule has 2 fully saturated rings. The van der Waals surface area contributed by atoms with Crippen LogP contribution < -0.4 is 11.5 Å². The lowest BCUT2D eigenvalue weighted by atomic mass is 9.90. The number of fused-ring (bicyclic) bond motifs is 2. The highest BCUT2D eigenvalue weighted by Gasteiger charge is 2.48. The predicted molar refractivity (Wildman–Crippen MR) is 34.7 cm³/mol. The third-order valence-corrected chi connectivity index (χ3v) is 2.89. The molecule has 3 unspecified atom stereocenters. The van der Waals surface area contributed by atoms with Crippen LogP contribution in [0, 0.1) is 5.92 Å². The van der Waals surface area contributed by atoms with Crippen LogP contribution in [-0.4, -0.2) is 11.6 Å². The van der Waals surface area contributed by atoms with Gasteiger partial charge in [-0.25, -0.2) is 5.73 Å². The molecule has 9 heavy (non-hydrogen) atoms. The van der Waals surface area contributed by atoms with Crippen LogP contribution in [0.3, 0.4) is 0 Å². The maximum Gasteiger partial charge on any atom is 0.0493 e. The van der Waals surface area contributed by atoms with Crippen molar-refractivity contribution in [3.8, 4) is 0 Å². The van der Waals surface area contributed by atoms with Gasteiger partial charge in [-0.05, 0) is 31.6 Å². The van der Waals surface area contributed by atoms with E-state index in [1.54, 1.807) is 0 Å². The lowest BCUT2D eigenvalue weighted by Gasteiger charge is -2.25. The number of hydrogen-bond donors (Lipinski definition) is 0. The van der Waals surface area contributed by atoms with Gasteiger partial charge in [0.15, 0.2) is 0 Å². The molecule has 2 nitrogen and oxygen atoms in total. The van der Waals surface area contributed by atoms with E-state index in [9.17, 15) is 0 Å². The first kappa shape index (κ1) is 5.69. The van der Waals surface area contributed by atoms with Crippen LogP contribution in [0.5, 0.6) is 0 Å². The van der Waals surface area contributed by atoms with E-state index in [0.717, 1.165) is 25.2 Å². The van der Waals surface area contributed by atoms with Gasteiger partial charge in [0.05, 0.1) is 0 Å². The number of hydrogen-bond acceptors (Lipinski definition) is 0. The highest BCUT2D eigenvalue weighted by Crippen LogP contribution is 2.46. The molecule has 2 heteroatoms. The lowest BCUT2D eigenvalue weighted by molar-refractivity contribution is 0.342. The average molecular weight is 124 g/mol. The summed E-state index contributed by atoms with van der Waals surface area (Å²) in [4.78, 5) is 0. The molecule has 2 aliphatic carbocycles. The van der Waals surface area contributed by atoms with Gasteiger partial charge in [0.1, 0.15) is 0 Å². The Morgan fingerprint density at radius 3 is 2.44 bits per heavy atom. The Morgan fingerprint density at radius 1 is 1.44 bits per heavy atom. The van der Waals surface area contributed by atoms with E-state index in [2.05, 4.69) is 0 Å². The second kappa shape index (κ2) is 1.50. The molecule has 2 radical (unpaired) electrons. The van der Waals surface area contributed by atoms with Crippen molar-refractivity contribution in [2.45, 2.75) is 37.3 Å². The smallest absolute Gasteiger partial charge is 0.0493 e. The molecule has 0 amide bonds. The molecule has 0 aromatic heterocycles. The van der Waals surface area contributed by atoms with Crippen molar-refractivity contribution in [2.75, 3.05) is 0 Å². The van der Waals surface area contributed by atoms with Gasteiger partial charge in [0.25, 0.3) is 0 Å². The molecule has 2 N–H and O–H groups in total. The van der Waals surface area contributed by atoms with Gasteiger partial charge in [0, 0.05) is 11.6 Å². The molecule has 0 aromatic rings. The van der Waals surface area contributed by atoms with Crippen molar-refractivity contribution >= 4 is 0 Å². The van der Waals surface area contributed by atoms with Crippen molar-refractivity contribution in [3.63, 3.8) is 0 Å². The first-order valence-corrected chi connectivity index (χ1v) is 3.67. The summed E-state index contributed by atoms with van der Waals surface area (Å²) in [5, 5.41) is 0. The van der Waals surface area contributed by atoms with Crippen LogP contribution in [-0.2, 0) is 0 Å². The van der Waals surface area contributed by atoms with Crippen LogP contribution in [0.2, 0.25) is 0 Å². The summed E-state index contributed by atoms with van der Waals surface area (Å²) in [5.74, 6) is 0.741. The van der Waals surface area contributed by atoms with Crippen molar-refractivity contribution in [2.24, 2.45) is 5.92 Å². The minimum absolute atomic E-state index is 0.0590. The van der Waals surface area contributed by atoms with Gasteiger partial charge in [0.2, 0.25) is 0 Å². The number of nitrogens with one attached hydrogen (secondary N) is 2. The standard InChI is InChI=1S/C7H12N2/c8-6-3-5-1-2-7(6,9)4-5/h5-6,8-9H,1-4H2. The van der Waals surface area contributed by atoms with Crippen LogP contribution in [0.1, 0.15) is 25.7 Å². The summed E-state index contributed by atoms with van der Waals surface area (Å²) in [6, 6.07) is -0.0590. The van der Waals surface area contributed by atoms with Gasteiger partial charge in [-0.15, -0.1) is 0 Å². The summed E-state index contributed by atoms with van der Waals surface area (Å²) >= 11 is 0. The van der Waals surface area contributed by atoms with Gasteiger partial charge in [-0.3, -0.25) is 5.73 Å². The third kappa shape index (κ3) is 0.634. The molecule has 0 saturated heterocycles. The van der Waals surface area contributed by atoms with E-state index in [-0.39, 0.29) is 11.6 Å². The zero-order valence-corrected chi connectivity index (χ0v) is 5.48. The fraction of sp³-hybridized carbons (Fsp3) is 1.00. The first-order chi connectivity index (χ1) is 4.21. The molecule has 0 heterocycles. The average Bonchev–Trinajstić information content (AvgIpc) is 2.22. The molecule has 0 aliphatic heterocycles. The Kier molecular flexibility index (Phi) is 0.945. The Hall–Kier alpha value is -0.0800. The molecular formula is C7H12N2. The van der Waals surface area contributed by atoms with Crippen LogP contribution >= 0.6 is 0 Å². The van der Waals surface area contributed by atoms with Gasteiger partial charge in [-0.1, -0.05) is 0 Å². The Bertz CT molecular complexity index is 135. The molecular weight excluding hydrogens is 112 g/mol. The molecule has 0 aromatic carbocycles. The second-order valence-electron chi connectivity index (χ2n) is 3.55. The van der Waals surface area contributed by atoms with Crippen molar-refractivity contribution in [1.82, 2.24) is 11.5 Å². The van der Waals surface area contributed by atoms with E-state index in [4.69, 9.17) is 11.5 Å². The van der Waals surface area contributed by atoms with E-state index in [1.807, 2.05) is 0 Å². The van der Waals surface area contributed by atoms with Crippen molar-refractivity contribution in [1.29, 1.82) is 0 Å². The third-order valence-electron chi connectivity index (χ3n) is 2.89. The summed E-state index contributed by atoms with van der Waals surface area (Å²) < 4.78 is 0. The topological polar surface area (TPSA) is 47.6 Å². The molecule has 50 valence electrons. The zero-order chi connectivity index (χ0) is 6.48. The van der Waals surface area contributed by atoms with Crippen LogP contribution in [0.15, 0.2) is 0 Å². The largest absolute Gasteiger partial charge is 0.253 e. The fourth-order valence-corrected chi connectivity index (χ4v) is 2.26. The van der Waals surface area contributed by atoms with Gasteiger partial charge >= 0.3 is 0 Å². The van der Waals surface area contributed by atoms with Gasteiger partial charge in [-0.2, -0.15) is 0 Å². The zero-order valence-electron chi connectivity index (χ0n) is 5.48. The first-order valence-electron chi connectivity index (χ1n) is 3.67. The van der Waals surface area contributed by atoms with E-state index in [0.29, 0.717) is 0 Å². The van der Waals surface area contributed by atoms with E-state index >= 15 is 0 Å². The second-order valence-corrected chi connectivity index (χ2v) is 3.55. The Labute approximate surface area is 55.6 Å². The van der Waals surface area contributed by atoms with E-state index in [1.165, 1.54) is 6.42 Å². The maximum atomic E-state index is 7.79. The fourth-order valence-electron chi connectivity index (χ4n) is 2.26. The molecule has 0 spiro atoms. The summed E-state index contributed by atoms with van der Waals surface area (Å²) in [6.45, 7) is 0. The lowest BCUT2D eigenvalue weighted by Crippen LogP contribution is -2.39. The highest BCUT2D eigenvalue weighted by atomic mass is 14.9. The van der Waals surface area contributed by atoms with Crippen LogP contribution in [0.25, 0.3) is 0 Å². The van der Waals surface area contributed by atoms with Crippen LogP contribution in [0.4, 0.5) is 0 Å². The summed E-state index contributed by atoms with van der Waals surface area (Å²) in [6.07, 6.45) is 4.23. The highest BCUT2D eigenvalue weighted by molar-refractivity contribution is 5.07. The molecule has 3 atom stereocenters. The monoisotopic (exact) mass is 124 g/mol. The number of rotatable bonds is 0. The normalized spacial score (nSPS) is 56.7. The summed E-state index contributed by atoms with van der Waals surface area (Å²) in [5.41, 5.74) is 15.0. The predicted octanol–water partition coefficient (Wildman–Crippen LogP) is 0.863. The molecule has 2 aliphatic rings. The minimum atomic E-state index is -0.315. The Balaban J connectivity index is 2.22. The van der Waals surface area contributed by atoms with Crippen molar-refractivity contribution < 1.29 is 0 Å². The molecule has 2 rings (SSSR count). The Morgan fingerprint density at radius 2 is 2.22 bits per heavy atom. The molecule has 2 saturated carbocycles.